The molecule has 0 spiro atoms. The van der Waals surface area contributed by atoms with E-state index in [9.17, 15) is 22.0 Å². The average Bonchev–Trinajstić information content (AvgIpc) is 2.99. The largest absolute Gasteiger partial charge is 0.404 e. The summed E-state index contributed by atoms with van der Waals surface area (Å²) in [7, 11) is 0. The third-order valence-electron chi connectivity index (χ3n) is 5.01. The average molecular weight is 421 g/mol. The van der Waals surface area contributed by atoms with Crippen LogP contribution < -0.4 is 10.2 Å². The summed E-state index contributed by atoms with van der Waals surface area (Å²) in [5, 5.41) is 10.4. The quantitative estimate of drug-likeness (QED) is 0.576. The lowest BCUT2D eigenvalue weighted by atomic mass is 9.78. The minimum absolute atomic E-state index is 0.0620. The lowest BCUT2D eigenvalue weighted by Gasteiger charge is -2.41. The van der Waals surface area contributed by atoms with Gasteiger partial charge in [-0.05, 0) is 19.4 Å². The summed E-state index contributed by atoms with van der Waals surface area (Å²) in [5.74, 6) is -2.97. The zero-order chi connectivity index (χ0) is 20.2. The summed E-state index contributed by atoms with van der Waals surface area (Å²) in [6.07, 6.45) is -4.46. The first-order chi connectivity index (χ1) is 13.1. The number of halogens is 6. The summed E-state index contributed by atoms with van der Waals surface area (Å²) < 4.78 is 70.6. The Bertz CT molecular complexity index is 952. The lowest BCUT2D eigenvalue weighted by molar-refractivity contribution is -0.166. The highest BCUT2D eigenvalue weighted by Gasteiger charge is 2.48. The topological polar surface area (TPSA) is 54.2 Å². The van der Waals surface area contributed by atoms with E-state index in [1.165, 1.54) is 6.92 Å². The Balaban J connectivity index is 1.38. The Hall–Kier alpha value is -2.36. The number of benzene rings is 1. The van der Waals surface area contributed by atoms with Gasteiger partial charge in [0, 0.05) is 24.7 Å². The highest BCUT2D eigenvalue weighted by Crippen LogP contribution is 2.49. The van der Waals surface area contributed by atoms with Gasteiger partial charge in [0.05, 0.1) is 22.7 Å². The molecule has 28 heavy (non-hydrogen) atoms. The standard InChI is InChI=1S/C17H14ClF5N4O/c1-7-10(4-11(7)17(21,22)23)15-25-26-16(28-15)24-9-5-27(6-9)13-3-8(19)2-12(20)14(13)18/h2-3,9,11H,4-6H2,1H3,(H,24,26). The van der Waals surface area contributed by atoms with Crippen molar-refractivity contribution in [3.05, 3.63) is 40.3 Å². The van der Waals surface area contributed by atoms with Crippen molar-refractivity contribution in [3.63, 3.8) is 0 Å². The smallest absolute Gasteiger partial charge is 0.395 e. The first kappa shape index (κ1) is 19.0. The highest BCUT2D eigenvalue weighted by molar-refractivity contribution is 6.33. The summed E-state index contributed by atoms with van der Waals surface area (Å²) in [5.41, 5.74) is 0.831. The second-order valence-electron chi connectivity index (χ2n) is 6.84. The van der Waals surface area contributed by atoms with Crippen LogP contribution in [0.3, 0.4) is 0 Å². The van der Waals surface area contributed by atoms with E-state index in [0.29, 0.717) is 24.7 Å². The second kappa shape index (κ2) is 6.61. The fraction of sp³-hybridized carbons (Fsp3) is 0.412. The normalized spacial score (nSPS) is 20.2. The van der Waals surface area contributed by atoms with E-state index in [1.807, 2.05) is 0 Å². The summed E-state index contributed by atoms with van der Waals surface area (Å²) in [6, 6.07) is 1.79. The number of anilines is 2. The van der Waals surface area contributed by atoms with Gasteiger partial charge in [0.25, 0.3) is 0 Å². The van der Waals surface area contributed by atoms with Gasteiger partial charge in [-0.25, -0.2) is 8.78 Å². The zero-order valence-corrected chi connectivity index (χ0v) is 15.2. The molecule has 0 saturated carbocycles. The molecule has 4 rings (SSSR count). The highest BCUT2D eigenvalue weighted by atomic mass is 35.5. The van der Waals surface area contributed by atoms with Crippen molar-refractivity contribution in [1.82, 2.24) is 10.2 Å². The first-order valence-electron chi connectivity index (χ1n) is 8.39. The van der Waals surface area contributed by atoms with Gasteiger partial charge in [-0.15, -0.1) is 5.10 Å². The van der Waals surface area contributed by atoms with Gasteiger partial charge in [-0.2, -0.15) is 13.2 Å². The van der Waals surface area contributed by atoms with E-state index in [0.717, 1.165) is 6.07 Å². The number of nitrogens with one attached hydrogen (secondary N) is 1. The van der Waals surface area contributed by atoms with Gasteiger partial charge in [0.2, 0.25) is 5.89 Å². The van der Waals surface area contributed by atoms with Gasteiger partial charge >= 0.3 is 12.2 Å². The molecule has 1 atom stereocenters. The Morgan fingerprint density at radius 1 is 1.21 bits per heavy atom. The fourth-order valence-electron chi connectivity index (χ4n) is 3.33. The number of allylic oxidation sites excluding steroid dienone is 2. The van der Waals surface area contributed by atoms with Crippen molar-refractivity contribution in [2.45, 2.75) is 25.6 Å². The van der Waals surface area contributed by atoms with E-state index in [4.69, 9.17) is 16.0 Å². The minimum atomic E-state index is -4.28. The van der Waals surface area contributed by atoms with Crippen LogP contribution in [-0.4, -0.2) is 35.5 Å². The number of hydrogen-bond acceptors (Lipinski definition) is 5. The van der Waals surface area contributed by atoms with Gasteiger partial charge in [-0.1, -0.05) is 22.3 Å². The molecule has 0 radical (unpaired) electrons. The second-order valence-corrected chi connectivity index (χ2v) is 7.22. The number of hydrogen-bond donors (Lipinski definition) is 1. The van der Waals surface area contributed by atoms with Gasteiger partial charge in [0.15, 0.2) is 0 Å². The third kappa shape index (κ3) is 3.30. The predicted octanol–water partition coefficient (Wildman–Crippen LogP) is 4.66. The van der Waals surface area contributed by atoms with Gasteiger partial charge < -0.3 is 14.6 Å². The Morgan fingerprint density at radius 3 is 2.57 bits per heavy atom. The predicted molar refractivity (Wildman–Crippen MR) is 92.0 cm³/mol. The summed E-state index contributed by atoms with van der Waals surface area (Å²) >= 11 is 5.87. The molecule has 1 aromatic carbocycles. The fourth-order valence-corrected chi connectivity index (χ4v) is 3.56. The molecule has 0 amide bonds. The number of nitrogens with zero attached hydrogens (tertiary/aromatic N) is 3. The molecule has 1 unspecified atom stereocenters. The van der Waals surface area contributed by atoms with Gasteiger partial charge in [0.1, 0.15) is 11.6 Å². The minimum Gasteiger partial charge on any atom is -0.404 e. The van der Waals surface area contributed by atoms with Crippen molar-refractivity contribution in [3.8, 4) is 0 Å². The van der Waals surface area contributed by atoms with Crippen molar-refractivity contribution >= 4 is 28.9 Å². The lowest BCUT2D eigenvalue weighted by Crippen LogP contribution is -2.55. The van der Waals surface area contributed by atoms with Crippen LogP contribution in [-0.2, 0) is 0 Å². The molecule has 150 valence electrons. The van der Waals surface area contributed by atoms with Crippen molar-refractivity contribution in [2.24, 2.45) is 5.92 Å². The van der Waals surface area contributed by atoms with E-state index in [-0.39, 0.29) is 40.7 Å². The molecule has 2 aliphatic rings. The molecule has 1 saturated heterocycles. The number of aromatic nitrogens is 2. The van der Waals surface area contributed by atoms with E-state index in [2.05, 4.69) is 15.5 Å². The Morgan fingerprint density at radius 2 is 1.93 bits per heavy atom. The van der Waals surface area contributed by atoms with E-state index in [1.54, 1.807) is 4.90 Å². The maximum absolute atomic E-state index is 13.5. The van der Waals surface area contributed by atoms with Crippen LogP contribution in [0.4, 0.5) is 33.7 Å². The molecule has 1 aromatic heterocycles. The molecule has 1 aliphatic heterocycles. The van der Waals surface area contributed by atoms with Gasteiger partial charge in [-0.3, -0.25) is 0 Å². The molecule has 1 fully saturated rings. The van der Waals surface area contributed by atoms with Crippen molar-refractivity contribution < 1.29 is 26.4 Å². The molecular formula is C17H14ClF5N4O. The molecular weight excluding hydrogens is 407 g/mol. The molecule has 11 heteroatoms. The molecule has 1 N–H and O–H groups in total. The maximum Gasteiger partial charge on any atom is 0.395 e. The van der Waals surface area contributed by atoms with Crippen LogP contribution in [0, 0.1) is 17.6 Å². The number of rotatable bonds is 4. The van der Waals surface area contributed by atoms with Crippen LogP contribution in [0.1, 0.15) is 19.2 Å². The van der Waals surface area contributed by atoms with E-state index < -0.39 is 23.7 Å². The maximum atomic E-state index is 13.5. The molecule has 1 aliphatic carbocycles. The SMILES string of the molecule is CC1=C(c2nnc(NC3CN(c4cc(F)cc(F)c4Cl)C3)o2)CC1C(F)(F)F. The number of alkyl halides is 3. The molecule has 2 aromatic rings. The van der Waals surface area contributed by atoms with Crippen molar-refractivity contribution in [2.75, 3.05) is 23.3 Å². The molecule has 0 bridgehead atoms. The monoisotopic (exact) mass is 420 g/mol. The summed E-state index contributed by atoms with van der Waals surface area (Å²) in [6.45, 7) is 2.18. The third-order valence-corrected chi connectivity index (χ3v) is 5.38. The van der Waals surface area contributed by atoms with Crippen LogP contribution >= 0.6 is 11.6 Å². The van der Waals surface area contributed by atoms with Crippen LogP contribution in [0.2, 0.25) is 5.02 Å². The van der Waals surface area contributed by atoms with Crippen molar-refractivity contribution in [1.29, 1.82) is 0 Å². The molecule has 2 heterocycles. The Kier molecular flexibility index (Phi) is 4.48. The van der Waals surface area contributed by atoms with Crippen LogP contribution in [0.15, 0.2) is 22.1 Å². The van der Waals surface area contributed by atoms with E-state index >= 15 is 0 Å². The van der Waals surface area contributed by atoms with Crippen LogP contribution in [0.25, 0.3) is 5.57 Å². The Labute approximate surface area is 161 Å². The van der Waals surface area contributed by atoms with Crippen LogP contribution in [0.5, 0.6) is 0 Å². The summed E-state index contributed by atoms with van der Waals surface area (Å²) in [4.78, 5) is 1.68. The first-order valence-corrected chi connectivity index (χ1v) is 8.77. The molecule has 5 nitrogen and oxygen atoms in total. The zero-order valence-electron chi connectivity index (χ0n) is 14.4.